The number of phenolic OH excluding ortho intramolecular Hbond substituents is 1. The topological polar surface area (TPSA) is 106 Å². The van der Waals surface area contributed by atoms with Crippen molar-refractivity contribution in [3.8, 4) is 5.75 Å². The van der Waals surface area contributed by atoms with Crippen molar-refractivity contribution in [2.45, 2.75) is 6.92 Å². The van der Waals surface area contributed by atoms with Crippen LogP contribution in [0.5, 0.6) is 5.75 Å². The van der Waals surface area contributed by atoms with E-state index in [9.17, 15) is 14.3 Å². The number of amides is 1. The fraction of sp³-hybridized carbons (Fsp3) is 0.0714. The number of carbonyl (C=O) groups excluding carboxylic acids is 1. The Balaban J connectivity index is 2.13. The fourth-order valence-electron chi connectivity index (χ4n) is 2.24. The second kappa shape index (κ2) is 4.99. The SMILES string of the molecule is Cc1c(C(N)=O)cn2ncnc(Nc3ccc(F)cc3O)c12. The Bertz CT molecular complexity index is 890. The Kier molecular flexibility index (Phi) is 3.13. The Hall–Kier alpha value is -3.16. The third-order valence-corrected chi connectivity index (χ3v) is 3.31. The minimum atomic E-state index is -0.571. The molecule has 2 aromatic heterocycles. The lowest BCUT2D eigenvalue weighted by Gasteiger charge is -2.09. The molecule has 0 saturated heterocycles. The molecule has 0 aliphatic carbocycles. The molecule has 0 aliphatic rings. The van der Waals surface area contributed by atoms with Gasteiger partial charge >= 0.3 is 0 Å². The minimum absolute atomic E-state index is 0.254. The number of halogens is 1. The summed E-state index contributed by atoms with van der Waals surface area (Å²) in [5.41, 5.74) is 7.08. The Morgan fingerprint density at radius 2 is 2.23 bits per heavy atom. The quantitative estimate of drug-likeness (QED) is 0.639. The summed E-state index contributed by atoms with van der Waals surface area (Å²) in [6.07, 6.45) is 2.80. The van der Waals surface area contributed by atoms with Crippen LogP contribution in [0.15, 0.2) is 30.7 Å². The van der Waals surface area contributed by atoms with Crippen molar-refractivity contribution in [1.29, 1.82) is 0 Å². The lowest BCUT2D eigenvalue weighted by molar-refractivity contribution is 0.1000. The number of aromatic hydroxyl groups is 1. The lowest BCUT2D eigenvalue weighted by Crippen LogP contribution is -2.10. The van der Waals surface area contributed by atoms with E-state index in [1.807, 2.05) is 0 Å². The van der Waals surface area contributed by atoms with E-state index >= 15 is 0 Å². The number of nitrogens with two attached hydrogens (primary N) is 1. The Morgan fingerprint density at radius 1 is 1.45 bits per heavy atom. The van der Waals surface area contributed by atoms with Crippen LogP contribution in [0, 0.1) is 12.7 Å². The van der Waals surface area contributed by atoms with Crippen LogP contribution in [0.3, 0.4) is 0 Å². The second-order valence-electron chi connectivity index (χ2n) is 4.72. The molecule has 2 heterocycles. The molecule has 1 aromatic carbocycles. The van der Waals surface area contributed by atoms with Gasteiger partial charge in [-0.25, -0.2) is 13.9 Å². The predicted octanol–water partition coefficient (Wildman–Crippen LogP) is 1.72. The highest BCUT2D eigenvalue weighted by molar-refractivity contribution is 5.98. The average molecular weight is 301 g/mol. The van der Waals surface area contributed by atoms with Gasteiger partial charge in [0.2, 0.25) is 0 Å². The van der Waals surface area contributed by atoms with Gasteiger partial charge in [0.25, 0.3) is 5.91 Å². The van der Waals surface area contributed by atoms with Crippen molar-refractivity contribution in [2.75, 3.05) is 5.32 Å². The summed E-state index contributed by atoms with van der Waals surface area (Å²) in [4.78, 5) is 15.5. The van der Waals surface area contributed by atoms with E-state index in [-0.39, 0.29) is 11.4 Å². The number of nitrogens with one attached hydrogen (secondary N) is 1. The maximum absolute atomic E-state index is 13.0. The molecule has 0 saturated carbocycles. The number of phenols is 1. The van der Waals surface area contributed by atoms with E-state index in [1.54, 1.807) is 6.92 Å². The van der Waals surface area contributed by atoms with Gasteiger partial charge in [0, 0.05) is 12.3 Å². The first kappa shape index (κ1) is 13.8. The van der Waals surface area contributed by atoms with Gasteiger partial charge in [-0.3, -0.25) is 4.79 Å². The van der Waals surface area contributed by atoms with Gasteiger partial charge < -0.3 is 16.2 Å². The highest BCUT2D eigenvalue weighted by atomic mass is 19.1. The summed E-state index contributed by atoms with van der Waals surface area (Å²) in [7, 11) is 0. The van der Waals surface area contributed by atoms with E-state index in [1.165, 1.54) is 29.2 Å². The molecule has 3 rings (SSSR count). The fourth-order valence-corrected chi connectivity index (χ4v) is 2.24. The highest BCUT2D eigenvalue weighted by Gasteiger charge is 2.16. The number of fused-ring (bicyclic) bond motifs is 1. The van der Waals surface area contributed by atoms with E-state index in [0.717, 1.165) is 6.07 Å². The van der Waals surface area contributed by atoms with Crippen molar-refractivity contribution >= 4 is 22.9 Å². The maximum Gasteiger partial charge on any atom is 0.250 e. The molecule has 0 fully saturated rings. The van der Waals surface area contributed by atoms with Crippen molar-refractivity contribution in [1.82, 2.24) is 14.6 Å². The smallest absolute Gasteiger partial charge is 0.250 e. The molecule has 22 heavy (non-hydrogen) atoms. The van der Waals surface area contributed by atoms with Gasteiger partial charge in [0.05, 0.1) is 11.3 Å². The summed E-state index contributed by atoms with van der Waals surface area (Å²) in [6, 6.07) is 3.58. The molecule has 8 heteroatoms. The van der Waals surface area contributed by atoms with Crippen molar-refractivity contribution in [3.63, 3.8) is 0 Å². The average Bonchev–Trinajstić information content (AvgIpc) is 2.80. The number of hydrogen-bond donors (Lipinski definition) is 3. The number of carbonyl (C=O) groups is 1. The van der Waals surface area contributed by atoms with Crippen LogP contribution < -0.4 is 11.1 Å². The number of rotatable bonds is 3. The second-order valence-corrected chi connectivity index (χ2v) is 4.72. The van der Waals surface area contributed by atoms with Gasteiger partial charge in [-0.15, -0.1) is 0 Å². The maximum atomic E-state index is 13.0. The van der Waals surface area contributed by atoms with Gasteiger partial charge in [0.15, 0.2) is 5.82 Å². The number of aromatic nitrogens is 3. The standard InChI is InChI=1S/C14H12FN5O2/c1-7-9(13(16)22)5-20-12(7)14(17-6-18-20)19-10-3-2-8(15)4-11(10)21/h2-6,21H,1H3,(H2,16,22)(H,17,18,19). The van der Waals surface area contributed by atoms with E-state index in [0.29, 0.717) is 22.5 Å². The highest BCUT2D eigenvalue weighted by Crippen LogP contribution is 2.30. The summed E-state index contributed by atoms with van der Waals surface area (Å²) in [5, 5.41) is 16.7. The molecule has 1 amide bonds. The van der Waals surface area contributed by atoms with Crippen LogP contribution in [0.4, 0.5) is 15.9 Å². The van der Waals surface area contributed by atoms with Crippen LogP contribution in [0.25, 0.3) is 5.52 Å². The molecule has 0 unspecified atom stereocenters. The lowest BCUT2D eigenvalue weighted by atomic mass is 10.2. The Labute approximate surface area is 124 Å². The number of aryl methyl sites for hydroxylation is 1. The molecule has 4 N–H and O–H groups in total. The molecule has 0 atom stereocenters. The molecular formula is C14H12FN5O2. The number of benzene rings is 1. The van der Waals surface area contributed by atoms with Crippen molar-refractivity contribution < 1.29 is 14.3 Å². The van der Waals surface area contributed by atoms with Crippen LogP contribution >= 0.6 is 0 Å². The third kappa shape index (κ3) is 2.20. The van der Waals surface area contributed by atoms with Crippen molar-refractivity contribution in [2.24, 2.45) is 5.73 Å². The van der Waals surface area contributed by atoms with E-state index in [4.69, 9.17) is 5.73 Å². The zero-order valence-electron chi connectivity index (χ0n) is 11.5. The zero-order valence-corrected chi connectivity index (χ0v) is 11.5. The summed E-state index contributed by atoms with van der Waals surface area (Å²) >= 11 is 0. The first-order valence-electron chi connectivity index (χ1n) is 6.35. The molecular weight excluding hydrogens is 289 g/mol. The molecule has 3 aromatic rings. The largest absolute Gasteiger partial charge is 0.506 e. The van der Waals surface area contributed by atoms with Crippen molar-refractivity contribution in [3.05, 3.63) is 47.7 Å². The van der Waals surface area contributed by atoms with Crippen LogP contribution in [-0.4, -0.2) is 25.6 Å². The zero-order chi connectivity index (χ0) is 15.9. The molecule has 112 valence electrons. The number of anilines is 2. The number of primary amides is 1. The van der Waals surface area contributed by atoms with Gasteiger partial charge in [0.1, 0.15) is 23.4 Å². The summed E-state index contributed by atoms with van der Waals surface area (Å²) in [5.74, 6) is -1.01. The van der Waals surface area contributed by atoms with E-state index in [2.05, 4.69) is 15.4 Å². The van der Waals surface area contributed by atoms with Gasteiger partial charge in [-0.2, -0.15) is 5.10 Å². The number of nitrogens with zero attached hydrogens (tertiary/aromatic N) is 3. The first-order chi connectivity index (χ1) is 10.5. The summed E-state index contributed by atoms with van der Waals surface area (Å²) < 4.78 is 14.5. The van der Waals surface area contributed by atoms with Gasteiger partial charge in [-0.05, 0) is 24.6 Å². The van der Waals surface area contributed by atoms with Gasteiger partial charge in [-0.1, -0.05) is 0 Å². The monoisotopic (exact) mass is 301 g/mol. The normalized spacial score (nSPS) is 10.8. The number of hydrogen-bond acceptors (Lipinski definition) is 5. The minimum Gasteiger partial charge on any atom is -0.506 e. The summed E-state index contributed by atoms with van der Waals surface area (Å²) in [6.45, 7) is 1.72. The molecule has 0 aliphatic heterocycles. The molecule has 0 radical (unpaired) electrons. The first-order valence-corrected chi connectivity index (χ1v) is 6.35. The molecule has 7 nitrogen and oxygen atoms in total. The molecule has 0 spiro atoms. The molecule has 0 bridgehead atoms. The van der Waals surface area contributed by atoms with Crippen LogP contribution in [-0.2, 0) is 0 Å². The third-order valence-electron chi connectivity index (χ3n) is 3.31. The van der Waals surface area contributed by atoms with Crippen LogP contribution in [0.1, 0.15) is 15.9 Å². The van der Waals surface area contributed by atoms with E-state index < -0.39 is 11.7 Å². The predicted molar refractivity (Wildman–Crippen MR) is 77.6 cm³/mol. The van der Waals surface area contributed by atoms with Crippen LogP contribution in [0.2, 0.25) is 0 Å². The Morgan fingerprint density at radius 3 is 2.91 bits per heavy atom.